The van der Waals surface area contributed by atoms with Crippen LogP contribution in [0.2, 0.25) is 0 Å². The van der Waals surface area contributed by atoms with Gasteiger partial charge >= 0.3 is 0 Å². The molecule has 1 aliphatic rings. The minimum absolute atomic E-state index is 0.142. The normalized spacial score (nSPS) is 13.8. The van der Waals surface area contributed by atoms with E-state index in [0.29, 0.717) is 17.1 Å². The SMILES string of the molecule is CN(CC(=O)Nc1cccc(OC2CCCC2)c1)c1ccc(C#N)cn1. The Kier molecular flexibility index (Phi) is 5.69. The summed E-state index contributed by atoms with van der Waals surface area (Å²) in [6.07, 6.45) is 6.41. The number of hydrogen-bond donors (Lipinski definition) is 1. The van der Waals surface area contributed by atoms with Crippen LogP contribution in [0.1, 0.15) is 31.2 Å². The number of aromatic nitrogens is 1. The van der Waals surface area contributed by atoms with Crippen molar-refractivity contribution in [3.8, 4) is 11.8 Å². The van der Waals surface area contributed by atoms with Gasteiger partial charge in [0.05, 0.1) is 18.2 Å². The number of carbonyl (C=O) groups excluding carboxylic acids is 1. The van der Waals surface area contributed by atoms with Gasteiger partial charge in [0.1, 0.15) is 17.6 Å². The average Bonchev–Trinajstić information content (AvgIpc) is 3.15. The number of ether oxygens (including phenoxy) is 1. The number of nitrogens with zero attached hydrogens (tertiary/aromatic N) is 3. The zero-order valence-corrected chi connectivity index (χ0v) is 14.8. The van der Waals surface area contributed by atoms with E-state index in [1.54, 1.807) is 24.1 Å². The number of rotatable bonds is 6. The van der Waals surface area contributed by atoms with Crippen molar-refractivity contribution in [2.45, 2.75) is 31.8 Å². The predicted octanol–water partition coefficient (Wildman–Crippen LogP) is 3.35. The van der Waals surface area contributed by atoms with Gasteiger partial charge in [-0.2, -0.15) is 5.26 Å². The zero-order valence-electron chi connectivity index (χ0n) is 14.8. The molecule has 1 aromatic carbocycles. The van der Waals surface area contributed by atoms with E-state index < -0.39 is 0 Å². The van der Waals surface area contributed by atoms with E-state index in [4.69, 9.17) is 10.00 Å². The van der Waals surface area contributed by atoms with Crippen LogP contribution in [0, 0.1) is 11.3 Å². The monoisotopic (exact) mass is 350 g/mol. The number of benzene rings is 1. The van der Waals surface area contributed by atoms with Gasteiger partial charge in [-0.15, -0.1) is 0 Å². The van der Waals surface area contributed by atoms with E-state index in [1.807, 2.05) is 30.3 Å². The number of likely N-dealkylation sites (N-methyl/N-ethyl adjacent to an activating group) is 1. The molecule has 0 unspecified atom stereocenters. The fraction of sp³-hybridized carbons (Fsp3) is 0.350. The van der Waals surface area contributed by atoms with Gasteiger partial charge in [-0.1, -0.05) is 6.07 Å². The standard InChI is InChI=1S/C20H22N4O2/c1-24(19-10-9-15(12-21)13-22-19)14-20(25)23-16-5-4-8-18(11-16)26-17-6-2-3-7-17/h4-5,8-11,13,17H,2-3,6-7,14H2,1H3,(H,23,25). The summed E-state index contributed by atoms with van der Waals surface area (Å²) in [5.74, 6) is 1.28. The highest BCUT2D eigenvalue weighted by Crippen LogP contribution is 2.25. The molecule has 0 spiro atoms. The lowest BCUT2D eigenvalue weighted by molar-refractivity contribution is -0.114. The molecule has 3 rings (SSSR count). The highest BCUT2D eigenvalue weighted by molar-refractivity contribution is 5.94. The molecule has 6 heteroatoms. The summed E-state index contributed by atoms with van der Waals surface area (Å²) in [6.45, 7) is 0.159. The second-order valence-electron chi connectivity index (χ2n) is 6.47. The first-order valence-corrected chi connectivity index (χ1v) is 8.78. The largest absolute Gasteiger partial charge is 0.490 e. The van der Waals surface area contributed by atoms with Crippen molar-refractivity contribution in [2.24, 2.45) is 0 Å². The Labute approximate surface area is 153 Å². The molecular weight excluding hydrogens is 328 g/mol. The minimum atomic E-state index is -0.142. The van der Waals surface area contributed by atoms with E-state index in [0.717, 1.165) is 18.6 Å². The Morgan fingerprint density at radius 2 is 2.15 bits per heavy atom. The molecule has 0 saturated heterocycles. The summed E-state index contributed by atoms with van der Waals surface area (Å²) < 4.78 is 5.97. The summed E-state index contributed by atoms with van der Waals surface area (Å²) in [4.78, 5) is 18.2. The van der Waals surface area contributed by atoms with Gasteiger partial charge in [-0.3, -0.25) is 4.79 Å². The minimum Gasteiger partial charge on any atom is -0.490 e. The third-order valence-corrected chi connectivity index (χ3v) is 4.37. The number of nitrogens with one attached hydrogen (secondary N) is 1. The van der Waals surface area contributed by atoms with Crippen molar-refractivity contribution in [1.82, 2.24) is 4.98 Å². The molecule has 1 aromatic heterocycles. The smallest absolute Gasteiger partial charge is 0.243 e. The maximum atomic E-state index is 12.3. The zero-order chi connectivity index (χ0) is 18.4. The average molecular weight is 350 g/mol. The Morgan fingerprint density at radius 1 is 1.35 bits per heavy atom. The molecule has 2 aromatic rings. The molecule has 6 nitrogen and oxygen atoms in total. The quantitative estimate of drug-likeness (QED) is 0.864. The van der Waals surface area contributed by atoms with Crippen molar-refractivity contribution >= 4 is 17.4 Å². The van der Waals surface area contributed by atoms with Crippen molar-refractivity contribution in [3.63, 3.8) is 0 Å². The molecule has 1 fully saturated rings. The third kappa shape index (κ3) is 4.73. The van der Waals surface area contributed by atoms with Gasteiger partial charge < -0.3 is 15.0 Å². The first-order chi connectivity index (χ1) is 12.6. The van der Waals surface area contributed by atoms with Crippen LogP contribution in [0.5, 0.6) is 5.75 Å². The molecule has 1 aliphatic carbocycles. The van der Waals surface area contributed by atoms with Crippen LogP contribution in [0.15, 0.2) is 42.6 Å². The first-order valence-electron chi connectivity index (χ1n) is 8.78. The Hall–Kier alpha value is -3.07. The van der Waals surface area contributed by atoms with E-state index in [1.165, 1.54) is 19.0 Å². The predicted molar refractivity (Wildman–Crippen MR) is 100 cm³/mol. The molecule has 0 bridgehead atoms. The summed E-state index contributed by atoms with van der Waals surface area (Å²) in [6, 6.07) is 12.9. The van der Waals surface area contributed by atoms with E-state index in [2.05, 4.69) is 10.3 Å². The summed E-state index contributed by atoms with van der Waals surface area (Å²) in [7, 11) is 1.79. The second-order valence-corrected chi connectivity index (χ2v) is 6.47. The highest BCUT2D eigenvalue weighted by atomic mass is 16.5. The number of carbonyl (C=O) groups is 1. The van der Waals surface area contributed by atoms with Crippen molar-refractivity contribution in [3.05, 3.63) is 48.2 Å². The van der Waals surface area contributed by atoms with Crippen LogP contribution in [0.4, 0.5) is 11.5 Å². The molecule has 1 heterocycles. The number of amides is 1. The first kappa shape index (κ1) is 17.7. The number of pyridine rings is 1. The highest BCUT2D eigenvalue weighted by Gasteiger charge is 2.16. The molecule has 1 N–H and O–H groups in total. The van der Waals surface area contributed by atoms with Crippen LogP contribution in [-0.2, 0) is 4.79 Å². The number of hydrogen-bond acceptors (Lipinski definition) is 5. The summed E-state index contributed by atoms with van der Waals surface area (Å²) >= 11 is 0. The molecular formula is C20H22N4O2. The van der Waals surface area contributed by atoms with E-state index in [9.17, 15) is 4.79 Å². The number of anilines is 2. The Morgan fingerprint density at radius 3 is 2.85 bits per heavy atom. The van der Waals surface area contributed by atoms with Crippen LogP contribution in [0.3, 0.4) is 0 Å². The van der Waals surface area contributed by atoms with Gasteiger partial charge in [0.15, 0.2) is 0 Å². The molecule has 134 valence electrons. The molecule has 1 saturated carbocycles. The van der Waals surface area contributed by atoms with Crippen molar-refractivity contribution in [2.75, 3.05) is 23.8 Å². The van der Waals surface area contributed by atoms with Gasteiger partial charge in [0, 0.05) is 25.0 Å². The third-order valence-electron chi connectivity index (χ3n) is 4.37. The fourth-order valence-electron chi connectivity index (χ4n) is 3.02. The van der Waals surface area contributed by atoms with E-state index >= 15 is 0 Å². The fourth-order valence-corrected chi connectivity index (χ4v) is 3.02. The van der Waals surface area contributed by atoms with Gasteiger partial charge in [0.25, 0.3) is 0 Å². The number of nitriles is 1. The molecule has 0 aliphatic heterocycles. The summed E-state index contributed by atoms with van der Waals surface area (Å²) in [5, 5.41) is 11.7. The van der Waals surface area contributed by atoms with Gasteiger partial charge in [-0.25, -0.2) is 4.98 Å². The molecule has 0 atom stereocenters. The summed E-state index contributed by atoms with van der Waals surface area (Å²) in [5.41, 5.74) is 1.21. The van der Waals surface area contributed by atoms with Crippen LogP contribution in [-0.4, -0.2) is 30.6 Å². The second kappa shape index (κ2) is 8.34. The lowest BCUT2D eigenvalue weighted by atomic mass is 10.2. The Bertz CT molecular complexity index is 792. The molecule has 1 amide bonds. The lowest BCUT2D eigenvalue weighted by Crippen LogP contribution is -2.30. The topological polar surface area (TPSA) is 78.3 Å². The van der Waals surface area contributed by atoms with Crippen molar-refractivity contribution < 1.29 is 9.53 Å². The molecule has 0 radical (unpaired) electrons. The molecule has 26 heavy (non-hydrogen) atoms. The van der Waals surface area contributed by atoms with Crippen molar-refractivity contribution in [1.29, 1.82) is 5.26 Å². The van der Waals surface area contributed by atoms with Gasteiger partial charge in [0.2, 0.25) is 5.91 Å². The van der Waals surface area contributed by atoms with Gasteiger partial charge in [-0.05, 0) is 49.9 Å². The van der Waals surface area contributed by atoms with Crippen LogP contribution in [0.25, 0.3) is 0 Å². The van der Waals surface area contributed by atoms with E-state index in [-0.39, 0.29) is 18.6 Å². The lowest BCUT2D eigenvalue weighted by Gasteiger charge is -2.18. The van der Waals surface area contributed by atoms with Crippen LogP contribution < -0.4 is 15.0 Å². The Balaban J connectivity index is 1.56. The maximum absolute atomic E-state index is 12.3. The maximum Gasteiger partial charge on any atom is 0.243 e. The van der Waals surface area contributed by atoms with Crippen LogP contribution >= 0.6 is 0 Å².